The number of aryl methyl sites for hydroxylation is 1. The average Bonchev–Trinajstić information content (AvgIpc) is 2.13. The molecule has 0 saturated heterocycles. The molecule has 0 amide bonds. The van der Waals surface area contributed by atoms with Crippen molar-refractivity contribution in [1.29, 1.82) is 0 Å². The van der Waals surface area contributed by atoms with Crippen molar-refractivity contribution in [2.24, 2.45) is 0 Å². The van der Waals surface area contributed by atoms with Gasteiger partial charge in [-0.15, -0.1) is 0 Å². The first-order valence-corrected chi connectivity index (χ1v) is 5.11. The first kappa shape index (κ1) is 10.5. The third kappa shape index (κ3) is 1.62. The number of hydrogen-bond acceptors (Lipinski definition) is 2. The summed E-state index contributed by atoms with van der Waals surface area (Å²) in [6.07, 6.45) is 0. The van der Waals surface area contributed by atoms with Crippen LogP contribution in [0, 0.1) is 13.8 Å². The highest BCUT2D eigenvalue weighted by Gasteiger charge is 2.08. The van der Waals surface area contributed by atoms with E-state index in [9.17, 15) is 4.79 Å². The number of aromatic nitrogens is 2. The highest BCUT2D eigenvalue weighted by atomic mass is 35.5. The predicted octanol–water partition coefficient (Wildman–Crippen LogP) is 2.62. The average molecular weight is 243 g/mol. The summed E-state index contributed by atoms with van der Waals surface area (Å²) < 4.78 is 1.34. The molecule has 2 heterocycles. The third-order valence-electron chi connectivity index (χ3n) is 2.32. The normalized spacial score (nSPS) is 10.9. The Hall–Kier alpha value is -1.06. The van der Waals surface area contributed by atoms with Gasteiger partial charge in [-0.1, -0.05) is 23.2 Å². The Labute approximate surface area is 96.3 Å². The fraction of sp³-hybridized carbons (Fsp3) is 0.200. The first-order valence-electron chi connectivity index (χ1n) is 4.35. The van der Waals surface area contributed by atoms with Gasteiger partial charge in [-0.05, 0) is 19.9 Å². The topological polar surface area (TPSA) is 34.4 Å². The first-order chi connectivity index (χ1) is 7.00. The van der Waals surface area contributed by atoms with Crippen LogP contribution in [0.5, 0.6) is 0 Å². The third-order valence-corrected chi connectivity index (χ3v) is 2.81. The number of hydrogen-bond donors (Lipinski definition) is 0. The van der Waals surface area contributed by atoms with Crippen LogP contribution in [-0.2, 0) is 0 Å². The lowest BCUT2D eigenvalue weighted by Crippen LogP contribution is -2.19. The lowest BCUT2D eigenvalue weighted by molar-refractivity contribution is 0.984. The second-order valence-corrected chi connectivity index (χ2v) is 4.14. The van der Waals surface area contributed by atoms with Gasteiger partial charge < -0.3 is 0 Å². The molecule has 0 saturated carbocycles. The van der Waals surface area contributed by atoms with Crippen LogP contribution >= 0.6 is 23.2 Å². The maximum absolute atomic E-state index is 11.9. The van der Waals surface area contributed by atoms with Crippen molar-refractivity contribution >= 4 is 28.8 Å². The Morgan fingerprint density at radius 1 is 1.27 bits per heavy atom. The number of nitrogens with zero attached hydrogens (tertiary/aromatic N) is 2. The van der Waals surface area contributed by atoms with Gasteiger partial charge in [0.15, 0.2) is 0 Å². The molecule has 3 nitrogen and oxygen atoms in total. The van der Waals surface area contributed by atoms with Crippen LogP contribution in [0.1, 0.15) is 11.3 Å². The molecule has 2 aromatic heterocycles. The minimum absolute atomic E-state index is 0.154. The Kier molecular flexibility index (Phi) is 2.44. The zero-order chi connectivity index (χ0) is 11.2. The summed E-state index contributed by atoms with van der Waals surface area (Å²) in [7, 11) is 0. The quantitative estimate of drug-likeness (QED) is 0.666. The van der Waals surface area contributed by atoms with E-state index in [1.54, 1.807) is 19.9 Å². The van der Waals surface area contributed by atoms with Gasteiger partial charge in [-0.2, -0.15) is 0 Å². The van der Waals surface area contributed by atoms with Crippen LogP contribution in [0.25, 0.3) is 5.65 Å². The zero-order valence-corrected chi connectivity index (χ0v) is 9.73. The molecule has 0 spiro atoms. The standard InChI is InChI=1S/C10H8Cl2N2O/c1-5-6(2)13-9-4-7(11)3-8(12)14(9)10(5)15/h3-4H,1-2H3. The highest BCUT2D eigenvalue weighted by Crippen LogP contribution is 2.18. The number of pyridine rings is 1. The molecule has 0 aliphatic rings. The molecule has 15 heavy (non-hydrogen) atoms. The maximum Gasteiger partial charge on any atom is 0.262 e. The molecule has 0 atom stereocenters. The van der Waals surface area contributed by atoms with Crippen LogP contribution in [0.15, 0.2) is 16.9 Å². The minimum Gasteiger partial charge on any atom is -0.269 e. The fourth-order valence-corrected chi connectivity index (χ4v) is 1.92. The molecular formula is C10H8Cl2N2O. The van der Waals surface area contributed by atoms with Crippen molar-refractivity contribution in [2.75, 3.05) is 0 Å². The van der Waals surface area contributed by atoms with Gasteiger partial charge in [0.25, 0.3) is 5.56 Å². The fourth-order valence-electron chi connectivity index (χ4n) is 1.38. The van der Waals surface area contributed by atoms with Gasteiger partial charge in [0, 0.05) is 22.3 Å². The summed E-state index contributed by atoms with van der Waals surface area (Å²) in [5.74, 6) is 0. The van der Waals surface area contributed by atoms with Crippen LogP contribution in [0.2, 0.25) is 10.2 Å². The van der Waals surface area contributed by atoms with E-state index in [1.165, 1.54) is 10.5 Å². The van der Waals surface area contributed by atoms with Gasteiger partial charge in [0.2, 0.25) is 0 Å². The molecule has 0 bridgehead atoms. The molecule has 0 aliphatic carbocycles. The summed E-state index contributed by atoms with van der Waals surface area (Å²) in [4.78, 5) is 16.1. The second-order valence-electron chi connectivity index (χ2n) is 3.32. The molecule has 0 aliphatic heterocycles. The van der Waals surface area contributed by atoms with Crippen molar-refractivity contribution in [3.63, 3.8) is 0 Å². The van der Waals surface area contributed by atoms with E-state index >= 15 is 0 Å². The van der Waals surface area contributed by atoms with Crippen LogP contribution in [-0.4, -0.2) is 9.38 Å². The molecule has 0 aromatic carbocycles. The van der Waals surface area contributed by atoms with Crippen LogP contribution in [0.4, 0.5) is 0 Å². The van der Waals surface area contributed by atoms with E-state index in [-0.39, 0.29) is 10.7 Å². The summed E-state index contributed by atoms with van der Waals surface area (Å²) >= 11 is 11.8. The van der Waals surface area contributed by atoms with E-state index in [0.29, 0.717) is 21.9 Å². The summed E-state index contributed by atoms with van der Waals surface area (Å²) in [6.45, 7) is 3.51. The van der Waals surface area contributed by atoms with Crippen LogP contribution < -0.4 is 5.56 Å². The van der Waals surface area contributed by atoms with Crippen molar-refractivity contribution in [1.82, 2.24) is 9.38 Å². The monoisotopic (exact) mass is 242 g/mol. The summed E-state index contributed by atoms with van der Waals surface area (Å²) in [5, 5.41) is 0.744. The zero-order valence-electron chi connectivity index (χ0n) is 8.21. The molecular weight excluding hydrogens is 235 g/mol. The predicted molar refractivity (Wildman–Crippen MR) is 61.0 cm³/mol. The molecule has 78 valence electrons. The van der Waals surface area contributed by atoms with Gasteiger partial charge in [-0.3, -0.25) is 9.20 Å². The van der Waals surface area contributed by atoms with Gasteiger partial charge in [0.1, 0.15) is 10.8 Å². The van der Waals surface area contributed by atoms with E-state index in [0.717, 1.165) is 0 Å². The summed E-state index contributed by atoms with van der Waals surface area (Å²) in [5.41, 5.74) is 1.61. The number of halogens is 2. The molecule has 0 radical (unpaired) electrons. The van der Waals surface area contributed by atoms with E-state index in [1.807, 2.05) is 0 Å². The smallest absolute Gasteiger partial charge is 0.262 e. The van der Waals surface area contributed by atoms with Gasteiger partial charge in [-0.25, -0.2) is 4.98 Å². The Morgan fingerprint density at radius 3 is 2.60 bits per heavy atom. The Bertz CT molecular complexity index is 604. The molecule has 0 unspecified atom stereocenters. The Balaban J connectivity index is 3.06. The number of rotatable bonds is 0. The van der Waals surface area contributed by atoms with Crippen molar-refractivity contribution in [3.05, 3.63) is 43.9 Å². The summed E-state index contributed by atoms with van der Waals surface area (Å²) in [6, 6.07) is 3.13. The van der Waals surface area contributed by atoms with E-state index in [2.05, 4.69) is 4.98 Å². The van der Waals surface area contributed by atoms with Crippen molar-refractivity contribution in [2.45, 2.75) is 13.8 Å². The van der Waals surface area contributed by atoms with E-state index in [4.69, 9.17) is 23.2 Å². The van der Waals surface area contributed by atoms with Gasteiger partial charge in [0.05, 0.1) is 0 Å². The lowest BCUT2D eigenvalue weighted by atomic mass is 10.2. The van der Waals surface area contributed by atoms with E-state index < -0.39 is 0 Å². The minimum atomic E-state index is -0.154. The lowest BCUT2D eigenvalue weighted by Gasteiger charge is -2.06. The second kappa shape index (κ2) is 3.51. The van der Waals surface area contributed by atoms with Gasteiger partial charge >= 0.3 is 0 Å². The molecule has 5 heteroatoms. The molecule has 0 N–H and O–H groups in total. The van der Waals surface area contributed by atoms with Crippen molar-refractivity contribution < 1.29 is 0 Å². The highest BCUT2D eigenvalue weighted by molar-refractivity contribution is 6.34. The largest absolute Gasteiger partial charge is 0.269 e. The SMILES string of the molecule is Cc1nc2cc(Cl)cc(Cl)n2c(=O)c1C. The molecule has 0 fully saturated rings. The maximum atomic E-state index is 11.9. The van der Waals surface area contributed by atoms with Crippen LogP contribution in [0.3, 0.4) is 0 Å². The molecule has 2 aromatic rings. The number of fused-ring (bicyclic) bond motifs is 1. The Morgan fingerprint density at radius 2 is 1.93 bits per heavy atom. The molecule has 2 rings (SSSR count). The van der Waals surface area contributed by atoms with Crippen molar-refractivity contribution in [3.8, 4) is 0 Å².